The van der Waals surface area contributed by atoms with Crippen molar-refractivity contribution in [3.8, 4) is 5.75 Å². The van der Waals surface area contributed by atoms with Gasteiger partial charge in [0.05, 0.1) is 19.3 Å². The van der Waals surface area contributed by atoms with Gasteiger partial charge in [0.15, 0.2) is 5.96 Å². The molecule has 0 spiro atoms. The lowest BCUT2D eigenvalue weighted by Crippen LogP contribution is -2.39. The van der Waals surface area contributed by atoms with Crippen LogP contribution >= 0.6 is 24.0 Å². The molecule has 0 aliphatic heterocycles. The number of pyridine rings is 1. The van der Waals surface area contributed by atoms with E-state index in [0.29, 0.717) is 12.5 Å². The first-order valence-corrected chi connectivity index (χ1v) is 8.00. The second-order valence-corrected chi connectivity index (χ2v) is 5.54. The van der Waals surface area contributed by atoms with Crippen molar-refractivity contribution >= 4 is 29.9 Å². The number of halogens is 1. The molecule has 0 aliphatic carbocycles. The third kappa shape index (κ3) is 6.53. The summed E-state index contributed by atoms with van der Waals surface area (Å²) in [7, 11) is 3.49. The van der Waals surface area contributed by atoms with Crippen LogP contribution in [0.2, 0.25) is 0 Å². The number of guanidine groups is 1. The number of aryl methyl sites for hydroxylation is 1. The number of aromatic nitrogens is 1. The van der Waals surface area contributed by atoms with Gasteiger partial charge in [-0.1, -0.05) is 26.7 Å². The van der Waals surface area contributed by atoms with Crippen LogP contribution in [0.1, 0.15) is 43.5 Å². The Hall–Kier alpha value is -1.05. The minimum Gasteiger partial charge on any atom is -0.496 e. The van der Waals surface area contributed by atoms with Gasteiger partial charge in [-0.15, -0.1) is 24.0 Å². The fourth-order valence-corrected chi connectivity index (χ4v) is 2.46. The molecule has 1 aromatic heterocycles. The molecule has 132 valence electrons. The Balaban J connectivity index is 0.00000484. The third-order valence-corrected chi connectivity index (χ3v) is 4.11. The van der Waals surface area contributed by atoms with Gasteiger partial charge in [-0.25, -0.2) is 0 Å². The molecule has 0 aromatic carbocycles. The van der Waals surface area contributed by atoms with Gasteiger partial charge in [0.1, 0.15) is 5.75 Å². The molecular formula is C17H31IN4O. The molecule has 5 nitrogen and oxygen atoms in total. The van der Waals surface area contributed by atoms with Crippen molar-refractivity contribution in [1.29, 1.82) is 0 Å². The number of nitrogens with zero attached hydrogens (tertiary/aromatic N) is 2. The first kappa shape index (κ1) is 21.9. The van der Waals surface area contributed by atoms with Gasteiger partial charge in [0, 0.05) is 30.9 Å². The lowest BCUT2D eigenvalue weighted by atomic mass is 10.0. The zero-order valence-electron chi connectivity index (χ0n) is 15.2. The Morgan fingerprint density at radius 1 is 1.26 bits per heavy atom. The van der Waals surface area contributed by atoms with Crippen molar-refractivity contribution < 1.29 is 4.74 Å². The quantitative estimate of drug-likeness (QED) is 0.392. The highest BCUT2D eigenvalue weighted by atomic mass is 127. The van der Waals surface area contributed by atoms with Crippen LogP contribution in [-0.4, -0.2) is 31.6 Å². The van der Waals surface area contributed by atoms with E-state index in [9.17, 15) is 0 Å². The van der Waals surface area contributed by atoms with Crippen molar-refractivity contribution in [2.24, 2.45) is 10.9 Å². The molecular weight excluding hydrogens is 403 g/mol. The van der Waals surface area contributed by atoms with E-state index in [2.05, 4.69) is 34.5 Å². The predicted octanol–water partition coefficient (Wildman–Crippen LogP) is 3.43. The van der Waals surface area contributed by atoms with Gasteiger partial charge in [-0.2, -0.15) is 0 Å². The van der Waals surface area contributed by atoms with Crippen molar-refractivity contribution in [3.05, 3.63) is 23.0 Å². The number of hydrogen-bond donors (Lipinski definition) is 2. The number of rotatable bonds is 7. The van der Waals surface area contributed by atoms with Gasteiger partial charge in [-0.3, -0.25) is 9.98 Å². The van der Waals surface area contributed by atoms with Crippen molar-refractivity contribution in [3.63, 3.8) is 0 Å². The van der Waals surface area contributed by atoms with Gasteiger partial charge in [0.2, 0.25) is 0 Å². The summed E-state index contributed by atoms with van der Waals surface area (Å²) in [6.45, 7) is 10.1. The second kappa shape index (κ2) is 11.5. The monoisotopic (exact) mass is 434 g/mol. The van der Waals surface area contributed by atoms with E-state index in [4.69, 9.17) is 4.74 Å². The molecule has 0 unspecified atom stereocenters. The molecule has 0 fully saturated rings. The number of hydrogen-bond acceptors (Lipinski definition) is 3. The average molecular weight is 434 g/mol. The van der Waals surface area contributed by atoms with Crippen molar-refractivity contribution in [2.45, 2.75) is 47.1 Å². The molecule has 6 heteroatoms. The summed E-state index contributed by atoms with van der Waals surface area (Å²) in [6.07, 6.45) is 4.20. The zero-order chi connectivity index (χ0) is 16.5. The highest BCUT2D eigenvalue weighted by molar-refractivity contribution is 14.0. The summed E-state index contributed by atoms with van der Waals surface area (Å²) in [6, 6.07) is 0. The summed E-state index contributed by atoms with van der Waals surface area (Å²) < 4.78 is 5.44. The smallest absolute Gasteiger partial charge is 0.191 e. The number of nitrogens with one attached hydrogen (secondary N) is 2. The first-order chi connectivity index (χ1) is 10.6. The standard InChI is InChI=1S/C17H30N4O.HI/c1-7-14(8-2)10-20-17(18-5)21-11-15-13(4)16(22-6)12(3)9-19-15;/h9,14H,7-8,10-11H2,1-6H3,(H2,18,20,21);1H. The molecule has 0 saturated carbocycles. The van der Waals surface area contributed by atoms with Crippen molar-refractivity contribution in [2.75, 3.05) is 20.7 Å². The number of methoxy groups -OCH3 is 1. The van der Waals surface area contributed by atoms with Crippen LogP contribution < -0.4 is 15.4 Å². The lowest BCUT2D eigenvalue weighted by molar-refractivity contribution is 0.406. The summed E-state index contributed by atoms with van der Waals surface area (Å²) in [5.74, 6) is 2.40. The van der Waals surface area contributed by atoms with Crippen LogP contribution in [0.4, 0.5) is 0 Å². The van der Waals surface area contributed by atoms with E-state index in [-0.39, 0.29) is 24.0 Å². The van der Waals surface area contributed by atoms with Crippen molar-refractivity contribution in [1.82, 2.24) is 15.6 Å². The van der Waals surface area contributed by atoms with Crippen LogP contribution in [0, 0.1) is 19.8 Å². The Labute approximate surface area is 157 Å². The van der Waals surface area contributed by atoms with E-state index in [0.717, 1.165) is 35.1 Å². The highest BCUT2D eigenvalue weighted by Gasteiger charge is 2.10. The summed E-state index contributed by atoms with van der Waals surface area (Å²) in [4.78, 5) is 8.76. The van der Waals surface area contributed by atoms with E-state index in [1.54, 1.807) is 14.2 Å². The van der Waals surface area contributed by atoms with E-state index >= 15 is 0 Å². The minimum absolute atomic E-state index is 0. The number of ether oxygens (including phenoxy) is 1. The molecule has 0 amide bonds. The molecule has 0 aliphatic rings. The number of aliphatic imine (C=N–C) groups is 1. The molecule has 0 atom stereocenters. The largest absolute Gasteiger partial charge is 0.496 e. The van der Waals surface area contributed by atoms with E-state index in [1.165, 1.54) is 12.8 Å². The molecule has 1 rings (SSSR count). The maximum Gasteiger partial charge on any atom is 0.191 e. The van der Waals surface area contributed by atoms with Crippen LogP contribution in [0.5, 0.6) is 5.75 Å². The fraction of sp³-hybridized carbons (Fsp3) is 0.647. The van der Waals surface area contributed by atoms with Gasteiger partial charge in [-0.05, 0) is 19.8 Å². The molecule has 0 radical (unpaired) electrons. The maximum atomic E-state index is 5.44. The highest BCUT2D eigenvalue weighted by Crippen LogP contribution is 2.23. The molecule has 1 aromatic rings. The van der Waals surface area contributed by atoms with E-state index in [1.807, 2.05) is 20.0 Å². The Morgan fingerprint density at radius 3 is 2.43 bits per heavy atom. The fourth-order valence-electron chi connectivity index (χ4n) is 2.46. The van der Waals surface area contributed by atoms with Crippen LogP contribution in [0.25, 0.3) is 0 Å². The SMILES string of the molecule is CCC(CC)CNC(=NC)NCc1ncc(C)c(OC)c1C.I. The van der Waals surface area contributed by atoms with Gasteiger partial charge < -0.3 is 15.4 Å². The zero-order valence-corrected chi connectivity index (χ0v) is 17.5. The third-order valence-electron chi connectivity index (χ3n) is 4.11. The molecule has 2 N–H and O–H groups in total. The Kier molecular flexibility index (Phi) is 11.0. The van der Waals surface area contributed by atoms with Crippen LogP contribution in [0.15, 0.2) is 11.2 Å². The Morgan fingerprint density at radius 2 is 1.91 bits per heavy atom. The minimum atomic E-state index is 0. The molecule has 0 bridgehead atoms. The van der Waals surface area contributed by atoms with Crippen LogP contribution in [0.3, 0.4) is 0 Å². The maximum absolute atomic E-state index is 5.44. The average Bonchev–Trinajstić information content (AvgIpc) is 2.53. The van der Waals surface area contributed by atoms with E-state index < -0.39 is 0 Å². The molecule has 1 heterocycles. The lowest BCUT2D eigenvalue weighted by Gasteiger charge is -2.17. The first-order valence-electron chi connectivity index (χ1n) is 8.00. The predicted molar refractivity (Wildman–Crippen MR) is 108 cm³/mol. The summed E-state index contributed by atoms with van der Waals surface area (Å²) in [5, 5.41) is 6.70. The van der Waals surface area contributed by atoms with Gasteiger partial charge in [0.25, 0.3) is 0 Å². The topological polar surface area (TPSA) is 58.5 Å². The molecule has 0 saturated heterocycles. The van der Waals surface area contributed by atoms with Crippen LogP contribution in [-0.2, 0) is 6.54 Å². The van der Waals surface area contributed by atoms with Gasteiger partial charge >= 0.3 is 0 Å². The Bertz CT molecular complexity index is 502. The second-order valence-electron chi connectivity index (χ2n) is 5.54. The summed E-state index contributed by atoms with van der Waals surface area (Å²) in [5.41, 5.74) is 3.11. The normalized spacial score (nSPS) is 11.2. The molecule has 23 heavy (non-hydrogen) atoms. The summed E-state index contributed by atoms with van der Waals surface area (Å²) >= 11 is 0.